The minimum atomic E-state index is -0.861. The highest BCUT2D eigenvalue weighted by molar-refractivity contribution is 5.89. The Kier molecular flexibility index (Phi) is 8.82. The first-order chi connectivity index (χ1) is 14.0. The van der Waals surface area contributed by atoms with Crippen molar-refractivity contribution in [3.63, 3.8) is 0 Å². The highest BCUT2D eigenvalue weighted by Gasteiger charge is 2.29. The summed E-state index contributed by atoms with van der Waals surface area (Å²) in [6.45, 7) is 16.4. The van der Waals surface area contributed by atoms with Gasteiger partial charge >= 0.3 is 17.9 Å². The molecule has 0 aliphatic rings. The number of benzene rings is 1. The molecule has 1 aromatic carbocycles. The molecular formula is C24H37NO6. The summed E-state index contributed by atoms with van der Waals surface area (Å²) >= 11 is 0. The molecule has 0 fully saturated rings. The molecule has 0 amide bonds. The van der Waals surface area contributed by atoms with Crippen molar-refractivity contribution in [2.24, 2.45) is 0 Å². The molecule has 31 heavy (non-hydrogen) atoms. The Morgan fingerprint density at radius 3 is 1.71 bits per heavy atom. The van der Waals surface area contributed by atoms with Gasteiger partial charge in [-0.05, 0) is 80.0 Å². The average Bonchev–Trinajstić information content (AvgIpc) is 2.54. The first-order valence-electron chi connectivity index (χ1n) is 10.5. The van der Waals surface area contributed by atoms with E-state index in [1.54, 1.807) is 65.8 Å². The number of esters is 3. The minimum Gasteiger partial charge on any atom is -0.460 e. The SMILES string of the molecule is CC(C)(C)OC(=O)C[C@H](NCc1ccc(C(=O)OC(C)(C)C)cc1)C(=O)OC(C)(C)C. The van der Waals surface area contributed by atoms with Gasteiger partial charge in [-0.15, -0.1) is 0 Å². The normalized spacial score (nSPS) is 13.3. The third kappa shape index (κ3) is 11.5. The molecule has 0 heterocycles. The largest absolute Gasteiger partial charge is 0.460 e. The van der Waals surface area contributed by atoms with Crippen LogP contribution in [0.15, 0.2) is 24.3 Å². The molecule has 0 unspecified atom stereocenters. The lowest BCUT2D eigenvalue weighted by atomic mass is 10.1. The average molecular weight is 436 g/mol. The zero-order valence-electron chi connectivity index (χ0n) is 20.3. The van der Waals surface area contributed by atoms with Gasteiger partial charge in [0, 0.05) is 6.54 Å². The van der Waals surface area contributed by atoms with Gasteiger partial charge in [-0.1, -0.05) is 12.1 Å². The topological polar surface area (TPSA) is 90.9 Å². The van der Waals surface area contributed by atoms with Crippen molar-refractivity contribution in [2.45, 2.75) is 98.1 Å². The summed E-state index contributed by atoms with van der Waals surface area (Å²) < 4.78 is 16.1. The number of rotatable bonds is 7. The molecule has 0 aromatic heterocycles. The van der Waals surface area contributed by atoms with E-state index in [-0.39, 0.29) is 6.42 Å². The third-order valence-electron chi connectivity index (χ3n) is 3.62. The number of carbonyl (C=O) groups is 3. The van der Waals surface area contributed by atoms with Crippen LogP contribution < -0.4 is 5.32 Å². The van der Waals surface area contributed by atoms with E-state index in [4.69, 9.17) is 14.2 Å². The second-order valence-corrected chi connectivity index (χ2v) is 10.5. The summed E-state index contributed by atoms with van der Waals surface area (Å²) in [4.78, 5) is 37.0. The van der Waals surface area contributed by atoms with Crippen molar-refractivity contribution < 1.29 is 28.6 Å². The van der Waals surface area contributed by atoms with Crippen LogP contribution in [0.1, 0.15) is 84.7 Å². The zero-order valence-corrected chi connectivity index (χ0v) is 20.3. The fourth-order valence-electron chi connectivity index (χ4n) is 2.50. The standard InChI is InChI=1S/C24H37NO6/c1-22(2,3)29-19(26)14-18(21(28)31-24(7,8)9)25-15-16-10-12-17(13-11-16)20(27)30-23(4,5)6/h10-13,18,25H,14-15H2,1-9H3/t18-/m0/s1. The molecule has 1 aromatic rings. The number of nitrogens with one attached hydrogen (secondary N) is 1. The Bertz CT molecular complexity index is 763. The Labute approximate surface area is 185 Å². The van der Waals surface area contributed by atoms with E-state index in [9.17, 15) is 14.4 Å². The molecule has 1 rings (SSSR count). The van der Waals surface area contributed by atoms with Crippen molar-refractivity contribution >= 4 is 17.9 Å². The van der Waals surface area contributed by atoms with Crippen molar-refractivity contribution in [1.29, 1.82) is 0 Å². The Balaban J connectivity index is 2.84. The van der Waals surface area contributed by atoms with E-state index >= 15 is 0 Å². The van der Waals surface area contributed by atoms with E-state index in [1.807, 2.05) is 20.8 Å². The maximum Gasteiger partial charge on any atom is 0.338 e. The Hall–Kier alpha value is -2.41. The number of hydrogen-bond donors (Lipinski definition) is 1. The maximum absolute atomic E-state index is 12.6. The van der Waals surface area contributed by atoms with Gasteiger partial charge in [-0.3, -0.25) is 14.9 Å². The Morgan fingerprint density at radius 2 is 1.26 bits per heavy atom. The zero-order chi connectivity index (χ0) is 24.0. The highest BCUT2D eigenvalue weighted by Crippen LogP contribution is 2.15. The maximum atomic E-state index is 12.6. The van der Waals surface area contributed by atoms with Crippen molar-refractivity contribution in [1.82, 2.24) is 5.32 Å². The van der Waals surface area contributed by atoms with Gasteiger partial charge < -0.3 is 14.2 Å². The molecule has 7 nitrogen and oxygen atoms in total. The quantitative estimate of drug-likeness (QED) is 0.508. The van der Waals surface area contributed by atoms with Gasteiger partial charge in [0.15, 0.2) is 0 Å². The smallest absolute Gasteiger partial charge is 0.338 e. The van der Waals surface area contributed by atoms with Gasteiger partial charge in [-0.25, -0.2) is 4.79 Å². The number of ether oxygens (including phenoxy) is 3. The third-order valence-corrected chi connectivity index (χ3v) is 3.62. The fourth-order valence-corrected chi connectivity index (χ4v) is 2.50. The van der Waals surface area contributed by atoms with Crippen LogP contribution in [0.2, 0.25) is 0 Å². The van der Waals surface area contributed by atoms with Gasteiger partial charge in [0.05, 0.1) is 12.0 Å². The molecule has 1 atom stereocenters. The van der Waals surface area contributed by atoms with Crippen LogP contribution >= 0.6 is 0 Å². The molecule has 0 spiro atoms. The first kappa shape index (κ1) is 26.6. The van der Waals surface area contributed by atoms with Crippen LogP contribution in [0, 0.1) is 0 Å². The lowest BCUT2D eigenvalue weighted by Crippen LogP contribution is -2.43. The van der Waals surface area contributed by atoms with Crippen LogP contribution in [0.5, 0.6) is 0 Å². The summed E-state index contributed by atoms with van der Waals surface area (Å²) in [6, 6.07) is 6.01. The van der Waals surface area contributed by atoms with Crippen molar-refractivity contribution in [2.75, 3.05) is 0 Å². The van der Waals surface area contributed by atoms with E-state index < -0.39 is 40.8 Å². The predicted molar refractivity (Wildman–Crippen MR) is 119 cm³/mol. The van der Waals surface area contributed by atoms with Gasteiger partial charge in [-0.2, -0.15) is 0 Å². The van der Waals surface area contributed by atoms with E-state index in [0.717, 1.165) is 5.56 Å². The predicted octanol–water partition coefficient (Wildman–Crippen LogP) is 4.17. The molecule has 0 aliphatic heterocycles. The second-order valence-electron chi connectivity index (χ2n) is 10.5. The summed E-state index contributed by atoms with van der Waals surface area (Å²) in [5.74, 6) is -1.41. The van der Waals surface area contributed by atoms with Gasteiger partial charge in [0.25, 0.3) is 0 Å². The summed E-state index contributed by atoms with van der Waals surface area (Å²) in [5, 5.41) is 3.07. The van der Waals surface area contributed by atoms with Gasteiger partial charge in [0.2, 0.25) is 0 Å². The summed E-state index contributed by atoms with van der Waals surface area (Å²) in [7, 11) is 0. The van der Waals surface area contributed by atoms with Crippen LogP contribution in [-0.4, -0.2) is 40.8 Å². The molecule has 0 saturated carbocycles. The molecule has 0 bridgehead atoms. The number of carbonyl (C=O) groups excluding carboxylic acids is 3. The second kappa shape index (κ2) is 10.3. The van der Waals surface area contributed by atoms with Crippen LogP contribution in [-0.2, 0) is 30.3 Å². The molecule has 174 valence electrons. The number of hydrogen-bond acceptors (Lipinski definition) is 7. The van der Waals surface area contributed by atoms with Crippen LogP contribution in [0.3, 0.4) is 0 Å². The molecule has 7 heteroatoms. The summed E-state index contributed by atoms with van der Waals surface area (Å²) in [5.41, 5.74) is -0.617. The van der Waals surface area contributed by atoms with Crippen molar-refractivity contribution in [3.05, 3.63) is 35.4 Å². The lowest BCUT2D eigenvalue weighted by Gasteiger charge is -2.26. The van der Waals surface area contributed by atoms with Crippen LogP contribution in [0.4, 0.5) is 0 Å². The monoisotopic (exact) mass is 435 g/mol. The van der Waals surface area contributed by atoms with Crippen LogP contribution in [0.25, 0.3) is 0 Å². The minimum absolute atomic E-state index is 0.151. The van der Waals surface area contributed by atoms with E-state index in [0.29, 0.717) is 12.1 Å². The van der Waals surface area contributed by atoms with Crippen molar-refractivity contribution in [3.8, 4) is 0 Å². The molecule has 0 saturated heterocycles. The first-order valence-corrected chi connectivity index (χ1v) is 10.5. The summed E-state index contributed by atoms with van der Waals surface area (Å²) in [6.07, 6.45) is -0.151. The molecule has 1 N–H and O–H groups in total. The van der Waals surface area contributed by atoms with Gasteiger partial charge in [0.1, 0.15) is 22.8 Å². The molecule has 0 radical (unpaired) electrons. The van der Waals surface area contributed by atoms with E-state index in [2.05, 4.69) is 5.32 Å². The molecular weight excluding hydrogens is 398 g/mol. The molecule has 0 aliphatic carbocycles. The highest BCUT2D eigenvalue weighted by atomic mass is 16.6. The Morgan fingerprint density at radius 1 is 0.774 bits per heavy atom. The lowest BCUT2D eigenvalue weighted by molar-refractivity contribution is -0.164. The van der Waals surface area contributed by atoms with E-state index in [1.165, 1.54) is 0 Å². The fraction of sp³-hybridized carbons (Fsp3) is 0.625.